The van der Waals surface area contributed by atoms with Gasteiger partial charge in [-0.2, -0.15) is 12.6 Å². The summed E-state index contributed by atoms with van der Waals surface area (Å²) in [6, 6.07) is 3.98. The SMILES string of the molecule is CCc1nc(C)ccc1OCCCS. The molecule has 1 aromatic rings. The summed E-state index contributed by atoms with van der Waals surface area (Å²) in [7, 11) is 0. The van der Waals surface area contributed by atoms with E-state index >= 15 is 0 Å². The molecule has 0 aromatic carbocycles. The van der Waals surface area contributed by atoms with Gasteiger partial charge >= 0.3 is 0 Å². The molecule has 14 heavy (non-hydrogen) atoms. The molecule has 0 aliphatic carbocycles. The number of thiol groups is 1. The largest absolute Gasteiger partial charge is 0.492 e. The molecule has 1 heterocycles. The normalized spacial score (nSPS) is 10.2. The Kier molecular flexibility index (Phi) is 4.80. The van der Waals surface area contributed by atoms with Crippen molar-refractivity contribution in [2.24, 2.45) is 0 Å². The first-order valence-electron chi connectivity index (χ1n) is 4.98. The van der Waals surface area contributed by atoms with Crippen LogP contribution < -0.4 is 4.74 Å². The molecule has 0 aliphatic rings. The summed E-state index contributed by atoms with van der Waals surface area (Å²) in [5.74, 6) is 1.78. The van der Waals surface area contributed by atoms with Crippen molar-refractivity contribution in [1.29, 1.82) is 0 Å². The van der Waals surface area contributed by atoms with Gasteiger partial charge in [0.15, 0.2) is 0 Å². The van der Waals surface area contributed by atoms with E-state index in [1.807, 2.05) is 19.1 Å². The minimum Gasteiger partial charge on any atom is -0.492 e. The van der Waals surface area contributed by atoms with Crippen LogP contribution in [0.3, 0.4) is 0 Å². The number of rotatable bonds is 5. The van der Waals surface area contributed by atoms with E-state index in [1.54, 1.807) is 0 Å². The van der Waals surface area contributed by atoms with E-state index in [0.717, 1.165) is 42.3 Å². The number of hydrogen-bond acceptors (Lipinski definition) is 3. The quantitative estimate of drug-likeness (QED) is 0.597. The molecule has 0 amide bonds. The van der Waals surface area contributed by atoms with Crippen LogP contribution in [-0.4, -0.2) is 17.3 Å². The van der Waals surface area contributed by atoms with Gasteiger partial charge in [-0.05, 0) is 37.7 Å². The Hall–Kier alpha value is -0.700. The maximum Gasteiger partial charge on any atom is 0.140 e. The summed E-state index contributed by atoms with van der Waals surface area (Å²) in [5, 5.41) is 0. The molecule has 78 valence electrons. The molecule has 0 unspecified atom stereocenters. The summed E-state index contributed by atoms with van der Waals surface area (Å²) < 4.78 is 5.61. The topological polar surface area (TPSA) is 22.1 Å². The number of ether oxygens (including phenoxy) is 1. The molecular weight excluding hydrogens is 194 g/mol. The second-order valence-electron chi connectivity index (χ2n) is 3.18. The van der Waals surface area contributed by atoms with Gasteiger partial charge in [-0.1, -0.05) is 6.92 Å². The van der Waals surface area contributed by atoms with Crippen LogP contribution in [0.4, 0.5) is 0 Å². The monoisotopic (exact) mass is 211 g/mol. The second-order valence-corrected chi connectivity index (χ2v) is 3.62. The zero-order chi connectivity index (χ0) is 10.4. The molecule has 0 saturated heterocycles. The third kappa shape index (κ3) is 3.22. The van der Waals surface area contributed by atoms with E-state index in [9.17, 15) is 0 Å². The van der Waals surface area contributed by atoms with Crippen LogP contribution in [0.2, 0.25) is 0 Å². The van der Waals surface area contributed by atoms with Gasteiger partial charge < -0.3 is 4.74 Å². The second kappa shape index (κ2) is 5.91. The summed E-state index contributed by atoms with van der Waals surface area (Å²) in [4.78, 5) is 4.43. The maximum absolute atomic E-state index is 5.61. The zero-order valence-corrected chi connectivity index (χ0v) is 9.68. The highest BCUT2D eigenvalue weighted by atomic mass is 32.1. The summed E-state index contributed by atoms with van der Waals surface area (Å²) in [6.45, 7) is 4.81. The molecule has 2 nitrogen and oxygen atoms in total. The van der Waals surface area contributed by atoms with E-state index in [1.165, 1.54) is 0 Å². The summed E-state index contributed by atoms with van der Waals surface area (Å²) in [5.41, 5.74) is 2.09. The Bertz CT molecular complexity index is 289. The first-order valence-corrected chi connectivity index (χ1v) is 5.61. The molecular formula is C11H17NOS. The molecule has 0 N–H and O–H groups in total. The highest BCUT2D eigenvalue weighted by Crippen LogP contribution is 2.17. The van der Waals surface area contributed by atoms with E-state index in [2.05, 4.69) is 24.5 Å². The molecule has 0 spiro atoms. The number of aromatic nitrogens is 1. The van der Waals surface area contributed by atoms with Gasteiger partial charge in [0.1, 0.15) is 5.75 Å². The Balaban J connectivity index is 2.65. The fourth-order valence-corrected chi connectivity index (χ4v) is 1.36. The third-order valence-corrected chi connectivity index (χ3v) is 2.28. The van der Waals surface area contributed by atoms with E-state index < -0.39 is 0 Å². The van der Waals surface area contributed by atoms with Gasteiger partial charge in [0.25, 0.3) is 0 Å². The number of nitrogens with zero attached hydrogens (tertiary/aromatic N) is 1. The molecule has 0 atom stereocenters. The fraction of sp³-hybridized carbons (Fsp3) is 0.545. The average molecular weight is 211 g/mol. The van der Waals surface area contributed by atoms with Gasteiger partial charge in [0.05, 0.1) is 12.3 Å². The van der Waals surface area contributed by atoms with Crippen molar-refractivity contribution in [3.8, 4) is 5.75 Å². The number of hydrogen-bond donors (Lipinski definition) is 1. The maximum atomic E-state index is 5.61. The Labute approximate surface area is 91.1 Å². The van der Waals surface area contributed by atoms with Gasteiger partial charge in [0, 0.05) is 5.69 Å². The van der Waals surface area contributed by atoms with Gasteiger partial charge in [-0.25, -0.2) is 0 Å². The van der Waals surface area contributed by atoms with Gasteiger partial charge in [-0.3, -0.25) is 4.98 Å². The minimum atomic E-state index is 0.723. The van der Waals surface area contributed by atoms with Gasteiger partial charge in [-0.15, -0.1) is 0 Å². The smallest absolute Gasteiger partial charge is 0.140 e. The minimum absolute atomic E-state index is 0.723. The zero-order valence-electron chi connectivity index (χ0n) is 8.79. The Morgan fingerprint density at radius 2 is 2.21 bits per heavy atom. The van der Waals surface area contributed by atoms with Crippen molar-refractivity contribution < 1.29 is 4.74 Å². The lowest BCUT2D eigenvalue weighted by molar-refractivity contribution is 0.314. The lowest BCUT2D eigenvalue weighted by Crippen LogP contribution is -2.02. The van der Waals surface area contributed by atoms with Crippen molar-refractivity contribution >= 4 is 12.6 Å². The van der Waals surface area contributed by atoms with E-state index in [-0.39, 0.29) is 0 Å². The van der Waals surface area contributed by atoms with Crippen LogP contribution in [0.5, 0.6) is 5.75 Å². The van der Waals surface area contributed by atoms with Gasteiger partial charge in [0.2, 0.25) is 0 Å². The van der Waals surface area contributed by atoms with Crippen LogP contribution in [0, 0.1) is 6.92 Å². The first kappa shape index (κ1) is 11.4. The predicted octanol–water partition coefficient (Wildman–Crippen LogP) is 2.65. The van der Waals surface area contributed by atoms with Crippen molar-refractivity contribution in [3.63, 3.8) is 0 Å². The molecule has 0 fully saturated rings. The van der Waals surface area contributed by atoms with Crippen molar-refractivity contribution in [2.75, 3.05) is 12.4 Å². The van der Waals surface area contributed by atoms with Crippen LogP contribution in [0.1, 0.15) is 24.7 Å². The highest BCUT2D eigenvalue weighted by molar-refractivity contribution is 7.80. The number of aryl methyl sites for hydroxylation is 2. The highest BCUT2D eigenvalue weighted by Gasteiger charge is 2.02. The molecule has 0 radical (unpaired) electrons. The van der Waals surface area contributed by atoms with E-state index in [0.29, 0.717) is 0 Å². The molecule has 0 saturated carbocycles. The summed E-state index contributed by atoms with van der Waals surface area (Å²) >= 11 is 4.14. The average Bonchev–Trinajstić information content (AvgIpc) is 2.20. The molecule has 1 rings (SSSR count). The van der Waals surface area contributed by atoms with E-state index in [4.69, 9.17) is 4.74 Å². The number of pyridine rings is 1. The molecule has 3 heteroatoms. The summed E-state index contributed by atoms with van der Waals surface area (Å²) in [6.07, 6.45) is 1.89. The third-order valence-electron chi connectivity index (χ3n) is 1.97. The van der Waals surface area contributed by atoms with Crippen LogP contribution in [0.15, 0.2) is 12.1 Å². The van der Waals surface area contributed by atoms with Crippen molar-refractivity contribution in [3.05, 3.63) is 23.5 Å². The fourth-order valence-electron chi connectivity index (χ4n) is 1.23. The van der Waals surface area contributed by atoms with Crippen molar-refractivity contribution in [2.45, 2.75) is 26.7 Å². The van der Waals surface area contributed by atoms with Crippen LogP contribution in [0.25, 0.3) is 0 Å². The standard InChI is InChI=1S/C11H17NOS/c1-3-10-11(13-7-4-8-14)6-5-9(2)12-10/h5-6,14H,3-4,7-8H2,1-2H3. The molecule has 1 aromatic heterocycles. The first-order chi connectivity index (χ1) is 6.77. The Morgan fingerprint density at radius 1 is 1.43 bits per heavy atom. The van der Waals surface area contributed by atoms with Crippen LogP contribution in [-0.2, 0) is 6.42 Å². The lowest BCUT2D eigenvalue weighted by atomic mass is 10.2. The van der Waals surface area contributed by atoms with Crippen LogP contribution >= 0.6 is 12.6 Å². The lowest BCUT2D eigenvalue weighted by Gasteiger charge is -2.09. The molecule has 0 aliphatic heterocycles. The predicted molar refractivity (Wildman–Crippen MR) is 62.3 cm³/mol. The Morgan fingerprint density at radius 3 is 2.86 bits per heavy atom. The molecule has 0 bridgehead atoms. The van der Waals surface area contributed by atoms with Crippen molar-refractivity contribution in [1.82, 2.24) is 4.98 Å².